The average Bonchev–Trinajstić information content (AvgIpc) is 2.68. The van der Waals surface area contributed by atoms with Gasteiger partial charge in [-0.25, -0.2) is 0 Å². The molecule has 0 unspecified atom stereocenters. The number of nitrogens with one attached hydrogen (secondary N) is 1. The third-order valence-electron chi connectivity index (χ3n) is 4.27. The Morgan fingerprint density at radius 2 is 1.15 bits per heavy atom. The molecule has 0 aliphatic carbocycles. The van der Waals surface area contributed by atoms with Crippen LogP contribution in [0.3, 0.4) is 0 Å². The minimum atomic E-state index is 0.923. The fourth-order valence-electron chi connectivity index (χ4n) is 2.77. The van der Waals surface area contributed by atoms with E-state index in [1.165, 1.54) is 33.5 Å². The lowest BCUT2D eigenvalue weighted by atomic mass is 10.1. The number of anilines is 1. The van der Waals surface area contributed by atoms with Crippen LogP contribution in [0, 0.1) is 6.92 Å². The van der Waals surface area contributed by atoms with Gasteiger partial charge < -0.3 is 5.32 Å². The maximum Gasteiger partial charge on any atom is 0.0413 e. The van der Waals surface area contributed by atoms with Crippen molar-refractivity contribution in [2.24, 2.45) is 0 Å². The zero-order valence-corrected chi connectivity index (χ0v) is 15.4. The third kappa shape index (κ3) is 4.97. The monoisotopic (exact) mass is 339 g/mol. The minimum Gasteiger partial charge on any atom is -0.385 e. The van der Waals surface area contributed by atoms with Crippen molar-refractivity contribution in [3.05, 3.63) is 101 Å². The second-order valence-corrected chi connectivity index (χ2v) is 6.36. The third-order valence-corrected chi connectivity index (χ3v) is 4.27. The molecule has 3 aromatic rings. The van der Waals surface area contributed by atoms with Crippen LogP contribution in [-0.4, -0.2) is 6.54 Å². The number of rotatable bonds is 6. The average molecular weight is 339 g/mol. The van der Waals surface area contributed by atoms with Crippen molar-refractivity contribution in [2.75, 3.05) is 11.9 Å². The van der Waals surface area contributed by atoms with Crippen molar-refractivity contribution in [3.63, 3.8) is 0 Å². The maximum atomic E-state index is 3.40. The summed E-state index contributed by atoms with van der Waals surface area (Å²) >= 11 is 0. The van der Waals surface area contributed by atoms with Crippen LogP contribution in [0.5, 0.6) is 0 Å². The number of hydrogen-bond donors (Lipinski definition) is 1. The fraction of sp³-hybridized carbons (Fsp3) is 0.120. The van der Waals surface area contributed by atoms with E-state index in [1.807, 2.05) is 0 Å². The zero-order chi connectivity index (χ0) is 18.2. The lowest BCUT2D eigenvalue weighted by Gasteiger charge is -2.06. The summed E-state index contributed by atoms with van der Waals surface area (Å²) in [4.78, 5) is 0. The van der Waals surface area contributed by atoms with E-state index in [0.29, 0.717) is 0 Å². The van der Waals surface area contributed by atoms with E-state index < -0.39 is 0 Å². The molecule has 1 N–H and O–H groups in total. The molecule has 0 fully saturated rings. The van der Waals surface area contributed by atoms with Gasteiger partial charge in [0.15, 0.2) is 0 Å². The molecule has 1 nitrogen and oxygen atoms in total. The summed E-state index contributed by atoms with van der Waals surface area (Å²) in [6.45, 7) is 5.15. The fourth-order valence-corrected chi connectivity index (χ4v) is 2.77. The number of hydrogen-bond acceptors (Lipinski definition) is 1. The van der Waals surface area contributed by atoms with Crippen molar-refractivity contribution < 1.29 is 0 Å². The van der Waals surface area contributed by atoms with E-state index in [1.54, 1.807) is 0 Å². The van der Waals surface area contributed by atoms with Crippen molar-refractivity contribution in [3.8, 4) is 0 Å². The van der Waals surface area contributed by atoms with Crippen molar-refractivity contribution >= 4 is 30.0 Å². The van der Waals surface area contributed by atoms with Crippen molar-refractivity contribution in [1.82, 2.24) is 0 Å². The van der Waals surface area contributed by atoms with Crippen LogP contribution < -0.4 is 5.32 Å². The Labute approximate surface area is 156 Å². The first-order valence-corrected chi connectivity index (χ1v) is 9.10. The largest absolute Gasteiger partial charge is 0.385 e. The Kier molecular flexibility index (Phi) is 6.05. The van der Waals surface area contributed by atoms with E-state index in [9.17, 15) is 0 Å². The summed E-state index contributed by atoms with van der Waals surface area (Å²) in [6, 6.07) is 25.6. The van der Waals surface area contributed by atoms with Gasteiger partial charge in [0.05, 0.1) is 0 Å². The summed E-state index contributed by atoms with van der Waals surface area (Å²) in [5.74, 6) is 0. The van der Waals surface area contributed by atoms with Crippen LogP contribution in [0.1, 0.15) is 34.7 Å². The minimum absolute atomic E-state index is 0.923. The van der Waals surface area contributed by atoms with Gasteiger partial charge in [-0.3, -0.25) is 0 Å². The second kappa shape index (κ2) is 8.87. The first-order chi connectivity index (χ1) is 12.7. The van der Waals surface area contributed by atoms with Gasteiger partial charge in [0.2, 0.25) is 0 Å². The Bertz CT molecular complexity index is 884. The molecular formula is C25H25N. The molecular weight excluding hydrogens is 314 g/mol. The molecule has 0 aliphatic heterocycles. The molecule has 0 atom stereocenters. The molecule has 0 amide bonds. The van der Waals surface area contributed by atoms with Gasteiger partial charge in [-0.05, 0) is 42.2 Å². The van der Waals surface area contributed by atoms with Crippen LogP contribution >= 0.6 is 0 Å². The van der Waals surface area contributed by atoms with E-state index >= 15 is 0 Å². The lowest BCUT2D eigenvalue weighted by molar-refractivity contribution is 1.21. The topological polar surface area (TPSA) is 12.0 Å². The highest BCUT2D eigenvalue weighted by Gasteiger charge is 1.96. The molecule has 0 aliphatic rings. The SMILES string of the molecule is CCNc1ccccc1/C=C/c1ccc(/C=C/c2ccc(C)cc2)cc1. The highest BCUT2D eigenvalue weighted by Crippen LogP contribution is 2.18. The molecule has 0 aromatic heterocycles. The molecule has 130 valence electrons. The first-order valence-electron chi connectivity index (χ1n) is 9.10. The molecule has 0 saturated heterocycles. The Hall–Kier alpha value is -3.06. The van der Waals surface area contributed by atoms with Gasteiger partial charge in [-0.15, -0.1) is 0 Å². The van der Waals surface area contributed by atoms with Gasteiger partial charge in [0, 0.05) is 12.2 Å². The van der Waals surface area contributed by atoms with Crippen molar-refractivity contribution in [1.29, 1.82) is 0 Å². The highest BCUT2D eigenvalue weighted by atomic mass is 14.9. The number of benzene rings is 3. The zero-order valence-electron chi connectivity index (χ0n) is 15.4. The molecule has 26 heavy (non-hydrogen) atoms. The summed E-state index contributed by atoms with van der Waals surface area (Å²) in [6.07, 6.45) is 8.62. The summed E-state index contributed by atoms with van der Waals surface area (Å²) in [5, 5.41) is 3.40. The summed E-state index contributed by atoms with van der Waals surface area (Å²) in [7, 11) is 0. The van der Waals surface area contributed by atoms with Gasteiger partial charge in [0.25, 0.3) is 0 Å². The Morgan fingerprint density at radius 1 is 0.654 bits per heavy atom. The summed E-state index contributed by atoms with van der Waals surface area (Å²) < 4.78 is 0. The number of para-hydroxylation sites is 1. The Balaban J connectivity index is 1.69. The van der Waals surface area contributed by atoms with E-state index in [2.05, 4.69) is 116 Å². The molecule has 3 rings (SSSR count). The lowest BCUT2D eigenvalue weighted by Crippen LogP contribution is -1.97. The molecule has 3 aromatic carbocycles. The normalized spacial score (nSPS) is 11.3. The second-order valence-electron chi connectivity index (χ2n) is 6.36. The quantitative estimate of drug-likeness (QED) is 0.489. The predicted molar refractivity (Wildman–Crippen MR) is 116 cm³/mol. The van der Waals surface area contributed by atoms with Crippen LogP contribution in [0.15, 0.2) is 72.8 Å². The van der Waals surface area contributed by atoms with E-state index in [0.717, 1.165) is 6.54 Å². The first kappa shape index (κ1) is 17.8. The van der Waals surface area contributed by atoms with Crippen molar-refractivity contribution in [2.45, 2.75) is 13.8 Å². The standard InChI is InChI=1S/C25H25N/c1-3-26-25-7-5-4-6-24(25)19-18-23-16-14-22(15-17-23)13-12-21-10-8-20(2)9-11-21/h4-19,26H,3H2,1-2H3/b13-12+,19-18+. The molecule has 0 saturated carbocycles. The van der Waals surface area contributed by atoms with E-state index in [-0.39, 0.29) is 0 Å². The molecule has 0 spiro atoms. The number of aryl methyl sites for hydroxylation is 1. The van der Waals surface area contributed by atoms with Gasteiger partial charge in [-0.2, -0.15) is 0 Å². The van der Waals surface area contributed by atoms with Crippen LogP contribution in [0.2, 0.25) is 0 Å². The maximum absolute atomic E-state index is 3.40. The highest BCUT2D eigenvalue weighted by molar-refractivity contribution is 5.77. The molecule has 1 heteroatoms. The smallest absolute Gasteiger partial charge is 0.0413 e. The molecule has 0 radical (unpaired) electrons. The van der Waals surface area contributed by atoms with Gasteiger partial charge in [0.1, 0.15) is 0 Å². The molecule has 0 bridgehead atoms. The Morgan fingerprint density at radius 3 is 1.73 bits per heavy atom. The van der Waals surface area contributed by atoms with Crippen LogP contribution in [0.25, 0.3) is 24.3 Å². The predicted octanol–water partition coefficient (Wildman–Crippen LogP) is 6.77. The summed E-state index contributed by atoms with van der Waals surface area (Å²) in [5.41, 5.74) is 7.29. The van der Waals surface area contributed by atoms with Gasteiger partial charge in [-0.1, -0.05) is 96.6 Å². The molecule has 0 heterocycles. The van der Waals surface area contributed by atoms with Crippen LogP contribution in [-0.2, 0) is 0 Å². The van der Waals surface area contributed by atoms with Crippen LogP contribution in [0.4, 0.5) is 5.69 Å². The van der Waals surface area contributed by atoms with Gasteiger partial charge >= 0.3 is 0 Å². The van der Waals surface area contributed by atoms with E-state index in [4.69, 9.17) is 0 Å².